The monoisotopic (exact) mass is 292 g/mol. The van der Waals surface area contributed by atoms with E-state index in [1.165, 1.54) is 12.3 Å². The van der Waals surface area contributed by atoms with Crippen molar-refractivity contribution in [1.82, 2.24) is 9.78 Å². The molecule has 0 bridgehead atoms. The second-order valence-corrected chi connectivity index (χ2v) is 4.28. The summed E-state index contributed by atoms with van der Waals surface area (Å²) in [5.74, 6) is -0.154. The number of hydrogen-bond donors (Lipinski definition) is 0. The number of aromatic nitrogens is 2. The molecular formula is C12H9BrN2O2. The van der Waals surface area contributed by atoms with Gasteiger partial charge in [0, 0.05) is 22.3 Å². The number of rotatable bonds is 3. The third-order valence-electron chi connectivity index (χ3n) is 2.25. The van der Waals surface area contributed by atoms with Crippen LogP contribution in [-0.4, -0.2) is 15.6 Å². The smallest absolute Gasteiger partial charge is 0.267 e. The highest BCUT2D eigenvalue weighted by atomic mass is 79.9. The van der Waals surface area contributed by atoms with E-state index in [0.717, 1.165) is 4.68 Å². The van der Waals surface area contributed by atoms with Gasteiger partial charge in [0.25, 0.3) is 5.56 Å². The lowest BCUT2D eigenvalue weighted by Gasteiger charge is -2.04. The number of Topliss-reactive ketones (excluding diaryl/α,β-unsaturated/α-hetero) is 1. The van der Waals surface area contributed by atoms with Gasteiger partial charge in [0.1, 0.15) is 6.54 Å². The molecule has 2 rings (SSSR count). The summed E-state index contributed by atoms with van der Waals surface area (Å²) in [4.78, 5) is 23.4. The van der Waals surface area contributed by atoms with Gasteiger partial charge in [0.15, 0.2) is 5.78 Å². The van der Waals surface area contributed by atoms with Gasteiger partial charge in [-0.1, -0.05) is 34.1 Å². The van der Waals surface area contributed by atoms with E-state index in [1.54, 1.807) is 24.3 Å². The van der Waals surface area contributed by atoms with Crippen LogP contribution in [0.15, 0.2) is 51.9 Å². The maximum Gasteiger partial charge on any atom is 0.267 e. The van der Waals surface area contributed by atoms with Crippen LogP contribution < -0.4 is 5.56 Å². The van der Waals surface area contributed by atoms with Crippen LogP contribution in [0, 0.1) is 0 Å². The number of carbonyl (C=O) groups is 1. The molecule has 0 aliphatic heterocycles. The van der Waals surface area contributed by atoms with Crippen molar-refractivity contribution in [2.24, 2.45) is 0 Å². The fourth-order valence-corrected chi connectivity index (χ4v) is 1.92. The zero-order chi connectivity index (χ0) is 12.3. The fraction of sp³-hybridized carbons (Fsp3) is 0.0833. The molecule has 0 aliphatic rings. The number of benzene rings is 1. The third kappa shape index (κ3) is 2.68. The number of ketones is 1. The zero-order valence-electron chi connectivity index (χ0n) is 8.84. The Bertz CT molecular complexity index is 607. The Morgan fingerprint density at radius 2 is 2.00 bits per heavy atom. The first-order chi connectivity index (χ1) is 8.18. The number of hydrogen-bond acceptors (Lipinski definition) is 3. The van der Waals surface area contributed by atoms with Crippen LogP contribution in [0.3, 0.4) is 0 Å². The van der Waals surface area contributed by atoms with Gasteiger partial charge in [-0.25, -0.2) is 4.68 Å². The van der Waals surface area contributed by atoms with E-state index in [4.69, 9.17) is 0 Å². The SMILES string of the molecule is O=C(Cn1ncccc1=O)c1ccccc1Br. The van der Waals surface area contributed by atoms with Gasteiger partial charge in [0.05, 0.1) is 0 Å². The van der Waals surface area contributed by atoms with E-state index in [-0.39, 0.29) is 17.9 Å². The Morgan fingerprint density at radius 1 is 1.24 bits per heavy atom. The molecule has 4 nitrogen and oxygen atoms in total. The van der Waals surface area contributed by atoms with Crippen LogP contribution >= 0.6 is 15.9 Å². The van der Waals surface area contributed by atoms with E-state index in [2.05, 4.69) is 21.0 Å². The Labute approximate surface area is 106 Å². The highest BCUT2D eigenvalue weighted by Gasteiger charge is 2.10. The molecule has 0 radical (unpaired) electrons. The Balaban J connectivity index is 2.27. The van der Waals surface area contributed by atoms with Gasteiger partial charge < -0.3 is 0 Å². The molecule has 5 heteroatoms. The molecule has 1 heterocycles. The average Bonchev–Trinajstić information content (AvgIpc) is 2.32. The highest BCUT2D eigenvalue weighted by Crippen LogP contribution is 2.16. The van der Waals surface area contributed by atoms with E-state index in [9.17, 15) is 9.59 Å². The summed E-state index contributed by atoms with van der Waals surface area (Å²) in [7, 11) is 0. The van der Waals surface area contributed by atoms with Crippen LogP contribution in [0.4, 0.5) is 0 Å². The van der Waals surface area contributed by atoms with Crippen LogP contribution in [0.2, 0.25) is 0 Å². The average molecular weight is 293 g/mol. The molecule has 17 heavy (non-hydrogen) atoms. The molecule has 1 aromatic carbocycles. The minimum absolute atomic E-state index is 0.0533. The zero-order valence-corrected chi connectivity index (χ0v) is 10.4. The summed E-state index contributed by atoms with van der Waals surface area (Å²) in [6.45, 7) is -0.0533. The van der Waals surface area contributed by atoms with Gasteiger partial charge >= 0.3 is 0 Å². The lowest BCUT2D eigenvalue weighted by Crippen LogP contribution is -2.25. The normalized spacial score (nSPS) is 10.2. The predicted octanol–water partition coefficient (Wildman–Crippen LogP) is 1.89. The van der Waals surface area contributed by atoms with Crippen molar-refractivity contribution in [3.8, 4) is 0 Å². The Hall–Kier alpha value is -1.75. The molecule has 2 aromatic rings. The van der Waals surface area contributed by atoms with Gasteiger partial charge in [0.2, 0.25) is 0 Å². The summed E-state index contributed by atoms with van der Waals surface area (Å²) in [5.41, 5.74) is 0.262. The minimum Gasteiger partial charge on any atom is -0.292 e. The highest BCUT2D eigenvalue weighted by molar-refractivity contribution is 9.10. The first-order valence-corrected chi connectivity index (χ1v) is 5.77. The quantitative estimate of drug-likeness (QED) is 0.812. The van der Waals surface area contributed by atoms with Gasteiger partial charge in [-0.2, -0.15) is 5.10 Å². The molecule has 0 spiro atoms. The van der Waals surface area contributed by atoms with Gasteiger partial charge in [-0.15, -0.1) is 0 Å². The standard InChI is InChI=1S/C12H9BrN2O2/c13-10-5-2-1-4-9(10)11(16)8-15-12(17)6-3-7-14-15/h1-7H,8H2. The topological polar surface area (TPSA) is 52.0 Å². The van der Waals surface area contributed by atoms with Crippen molar-refractivity contribution in [2.75, 3.05) is 0 Å². The van der Waals surface area contributed by atoms with Crippen molar-refractivity contribution in [2.45, 2.75) is 6.54 Å². The molecule has 0 atom stereocenters. The first-order valence-electron chi connectivity index (χ1n) is 4.98. The van der Waals surface area contributed by atoms with Crippen molar-refractivity contribution >= 4 is 21.7 Å². The molecule has 0 saturated heterocycles. The molecule has 0 unspecified atom stereocenters. The molecule has 0 saturated carbocycles. The molecule has 0 fully saturated rings. The maximum absolute atomic E-state index is 12.0. The Morgan fingerprint density at radius 3 is 2.71 bits per heavy atom. The van der Waals surface area contributed by atoms with Crippen molar-refractivity contribution in [3.05, 3.63) is 63.0 Å². The summed E-state index contributed by atoms with van der Waals surface area (Å²) < 4.78 is 1.86. The summed E-state index contributed by atoms with van der Waals surface area (Å²) in [6, 6.07) is 10.0. The number of carbonyl (C=O) groups excluding carboxylic acids is 1. The van der Waals surface area contributed by atoms with E-state index in [0.29, 0.717) is 10.0 Å². The van der Waals surface area contributed by atoms with Crippen molar-refractivity contribution < 1.29 is 4.79 Å². The maximum atomic E-state index is 12.0. The van der Waals surface area contributed by atoms with E-state index < -0.39 is 0 Å². The van der Waals surface area contributed by atoms with Gasteiger partial charge in [-0.3, -0.25) is 9.59 Å². The van der Waals surface area contributed by atoms with Crippen molar-refractivity contribution in [3.63, 3.8) is 0 Å². The van der Waals surface area contributed by atoms with Gasteiger partial charge in [-0.05, 0) is 12.1 Å². The number of halogens is 1. The lowest BCUT2D eigenvalue weighted by molar-refractivity contribution is 0.0965. The third-order valence-corrected chi connectivity index (χ3v) is 2.94. The van der Waals surface area contributed by atoms with Crippen LogP contribution in [0.25, 0.3) is 0 Å². The van der Waals surface area contributed by atoms with E-state index in [1.807, 2.05) is 6.07 Å². The number of nitrogens with zero attached hydrogens (tertiary/aromatic N) is 2. The fourth-order valence-electron chi connectivity index (χ4n) is 1.41. The molecule has 0 amide bonds. The molecule has 0 aliphatic carbocycles. The minimum atomic E-state index is -0.284. The predicted molar refractivity (Wildman–Crippen MR) is 67.0 cm³/mol. The molecule has 0 N–H and O–H groups in total. The second-order valence-electron chi connectivity index (χ2n) is 3.42. The lowest BCUT2D eigenvalue weighted by atomic mass is 10.1. The van der Waals surface area contributed by atoms with Crippen LogP contribution in [0.5, 0.6) is 0 Å². The Kier molecular flexibility index (Phi) is 3.49. The van der Waals surface area contributed by atoms with E-state index >= 15 is 0 Å². The largest absolute Gasteiger partial charge is 0.292 e. The second kappa shape index (κ2) is 5.05. The van der Waals surface area contributed by atoms with Crippen LogP contribution in [0.1, 0.15) is 10.4 Å². The van der Waals surface area contributed by atoms with Crippen LogP contribution in [-0.2, 0) is 6.54 Å². The first kappa shape index (κ1) is 11.7. The molecule has 86 valence electrons. The summed E-state index contributed by atoms with van der Waals surface area (Å²) in [5, 5.41) is 3.84. The molecule has 1 aromatic heterocycles. The van der Waals surface area contributed by atoms with Crippen molar-refractivity contribution in [1.29, 1.82) is 0 Å². The summed E-state index contributed by atoms with van der Waals surface area (Å²) >= 11 is 3.30. The summed E-state index contributed by atoms with van der Waals surface area (Å²) in [6.07, 6.45) is 1.48. The molecular weight excluding hydrogens is 284 g/mol.